The standard InChI is InChI=1S/C20H27N7O/c1-13(2)19-16(21-12-28-19)11-25(3)15-9-26(10-15)18-8-7-17-22-23-20(27(17)24-18)14-5-4-6-14/h7-8,12-15H,4-6,9-11H2,1-3H3. The quantitative estimate of drug-likeness (QED) is 0.650. The smallest absolute Gasteiger partial charge is 0.181 e. The lowest BCUT2D eigenvalue weighted by atomic mass is 9.85. The summed E-state index contributed by atoms with van der Waals surface area (Å²) >= 11 is 0. The molecule has 2 aliphatic rings. The van der Waals surface area contributed by atoms with Gasteiger partial charge in [-0.2, -0.15) is 4.52 Å². The molecule has 0 unspecified atom stereocenters. The summed E-state index contributed by atoms with van der Waals surface area (Å²) in [5, 5.41) is 13.5. The van der Waals surface area contributed by atoms with Crippen molar-refractivity contribution in [2.45, 2.75) is 57.5 Å². The van der Waals surface area contributed by atoms with E-state index in [1.807, 2.05) is 10.6 Å². The number of anilines is 1. The maximum atomic E-state index is 5.55. The van der Waals surface area contributed by atoms with Gasteiger partial charge in [0, 0.05) is 37.5 Å². The molecule has 2 fully saturated rings. The van der Waals surface area contributed by atoms with Crippen molar-refractivity contribution in [1.29, 1.82) is 0 Å². The van der Waals surface area contributed by atoms with Crippen molar-refractivity contribution >= 4 is 11.5 Å². The number of hydrogen-bond acceptors (Lipinski definition) is 7. The lowest BCUT2D eigenvalue weighted by Gasteiger charge is -2.44. The van der Waals surface area contributed by atoms with Gasteiger partial charge >= 0.3 is 0 Å². The molecule has 0 aromatic carbocycles. The van der Waals surface area contributed by atoms with Gasteiger partial charge in [0.1, 0.15) is 11.6 Å². The molecule has 1 saturated carbocycles. The zero-order valence-corrected chi connectivity index (χ0v) is 16.7. The van der Waals surface area contributed by atoms with Crippen LogP contribution in [0.2, 0.25) is 0 Å². The van der Waals surface area contributed by atoms with Gasteiger partial charge < -0.3 is 9.32 Å². The number of rotatable bonds is 6. The molecule has 0 radical (unpaired) electrons. The number of aromatic nitrogens is 5. The molecule has 1 saturated heterocycles. The van der Waals surface area contributed by atoms with Crippen molar-refractivity contribution in [3.63, 3.8) is 0 Å². The lowest BCUT2D eigenvalue weighted by Crippen LogP contribution is -2.58. The Morgan fingerprint density at radius 2 is 2.04 bits per heavy atom. The van der Waals surface area contributed by atoms with E-state index in [9.17, 15) is 0 Å². The van der Waals surface area contributed by atoms with Gasteiger partial charge in [0.2, 0.25) is 0 Å². The fourth-order valence-corrected chi connectivity index (χ4v) is 4.04. The monoisotopic (exact) mass is 381 g/mol. The van der Waals surface area contributed by atoms with Crippen LogP contribution in [-0.2, 0) is 6.54 Å². The number of hydrogen-bond donors (Lipinski definition) is 0. The normalized spacial score (nSPS) is 18.2. The van der Waals surface area contributed by atoms with E-state index >= 15 is 0 Å². The first-order valence-electron chi connectivity index (χ1n) is 10.2. The van der Waals surface area contributed by atoms with Crippen LogP contribution in [0, 0.1) is 0 Å². The highest BCUT2D eigenvalue weighted by Gasteiger charge is 2.32. The van der Waals surface area contributed by atoms with Crippen molar-refractivity contribution in [1.82, 2.24) is 29.7 Å². The van der Waals surface area contributed by atoms with Gasteiger partial charge in [0.25, 0.3) is 0 Å². The summed E-state index contributed by atoms with van der Waals surface area (Å²) in [6.07, 6.45) is 5.24. The predicted octanol–water partition coefficient (Wildman–Crippen LogP) is 2.82. The SMILES string of the molecule is CC(C)c1ocnc1CN(C)C1CN(c2ccc3nnc(C4CCC4)n3n2)C1. The molecule has 8 heteroatoms. The van der Waals surface area contributed by atoms with Gasteiger partial charge in [-0.05, 0) is 32.0 Å². The Hall–Kier alpha value is -2.48. The van der Waals surface area contributed by atoms with E-state index in [0.717, 1.165) is 48.4 Å². The highest BCUT2D eigenvalue weighted by atomic mass is 16.3. The minimum Gasteiger partial charge on any atom is -0.448 e. The van der Waals surface area contributed by atoms with E-state index in [-0.39, 0.29) is 0 Å². The van der Waals surface area contributed by atoms with Crippen LogP contribution in [0.3, 0.4) is 0 Å². The van der Waals surface area contributed by atoms with Gasteiger partial charge in [-0.15, -0.1) is 15.3 Å². The van der Waals surface area contributed by atoms with Crippen LogP contribution in [0.5, 0.6) is 0 Å². The Bertz CT molecular complexity index is 968. The highest BCUT2D eigenvalue weighted by molar-refractivity contribution is 5.48. The molecular formula is C20H27N7O. The number of fused-ring (bicyclic) bond motifs is 1. The molecule has 1 aliphatic carbocycles. The minimum absolute atomic E-state index is 0.355. The number of nitrogens with zero attached hydrogens (tertiary/aromatic N) is 7. The molecule has 5 rings (SSSR count). The lowest BCUT2D eigenvalue weighted by molar-refractivity contribution is 0.193. The second-order valence-corrected chi connectivity index (χ2v) is 8.44. The molecule has 3 aromatic rings. The minimum atomic E-state index is 0.355. The molecule has 0 atom stereocenters. The molecule has 0 amide bonds. The van der Waals surface area contributed by atoms with Gasteiger partial charge in [0.15, 0.2) is 17.9 Å². The molecular weight excluding hydrogens is 354 g/mol. The molecule has 1 aliphatic heterocycles. The Kier molecular flexibility index (Phi) is 4.30. The summed E-state index contributed by atoms with van der Waals surface area (Å²) in [5.41, 5.74) is 1.89. The Balaban J connectivity index is 1.25. The first kappa shape index (κ1) is 17.6. The van der Waals surface area contributed by atoms with Crippen LogP contribution in [0.4, 0.5) is 5.82 Å². The van der Waals surface area contributed by atoms with Gasteiger partial charge in [-0.25, -0.2) is 4.98 Å². The third-order valence-corrected chi connectivity index (χ3v) is 6.15. The van der Waals surface area contributed by atoms with Gasteiger partial charge in [-0.3, -0.25) is 4.90 Å². The van der Waals surface area contributed by atoms with E-state index in [0.29, 0.717) is 17.9 Å². The van der Waals surface area contributed by atoms with Crippen molar-refractivity contribution in [3.8, 4) is 0 Å². The Labute approximate surface area is 164 Å². The zero-order chi connectivity index (χ0) is 19.3. The summed E-state index contributed by atoms with van der Waals surface area (Å²) in [4.78, 5) is 9.09. The molecule has 28 heavy (non-hydrogen) atoms. The van der Waals surface area contributed by atoms with Crippen LogP contribution >= 0.6 is 0 Å². The van der Waals surface area contributed by atoms with Gasteiger partial charge in [0.05, 0.1) is 5.69 Å². The van der Waals surface area contributed by atoms with Crippen molar-refractivity contribution in [3.05, 3.63) is 35.8 Å². The number of oxazole rings is 1. The van der Waals surface area contributed by atoms with Crippen LogP contribution < -0.4 is 4.90 Å². The summed E-state index contributed by atoms with van der Waals surface area (Å²) in [5.74, 6) is 3.89. The third kappa shape index (κ3) is 2.96. The summed E-state index contributed by atoms with van der Waals surface area (Å²) in [6, 6.07) is 4.57. The average molecular weight is 381 g/mol. The van der Waals surface area contributed by atoms with E-state index in [2.05, 4.69) is 51.9 Å². The van der Waals surface area contributed by atoms with Crippen LogP contribution in [0.15, 0.2) is 22.9 Å². The first-order chi connectivity index (χ1) is 13.6. The molecule has 148 valence electrons. The van der Waals surface area contributed by atoms with E-state index in [1.54, 1.807) is 6.39 Å². The molecule has 4 heterocycles. The largest absolute Gasteiger partial charge is 0.448 e. The van der Waals surface area contributed by atoms with Crippen molar-refractivity contribution in [2.24, 2.45) is 0 Å². The third-order valence-electron chi connectivity index (χ3n) is 6.15. The van der Waals surface area contributed by atoms with Crippen LogP contribution in [0.25, 0.3) is 5.65 Å². The molecule has 8 nitrogen and oxygen atoms in total. The molecule has 0 N–H and O–H groups in total. The van der Waals surface area contributed by atoms with Crippen molar-refractivity contribution < 1.29 is 4.42 Å². The second kappa shape index (κ2) is 6.84. The van der Waals surface area contributed by atoms with Gasteiger partial charge in [-0.1, -0.05) is 20.3 Å². The summed E-state index contributed by atoms with van der Waals surface area (Å²) in [7, 11) is 2.16. The second-order valence-electron chi connectivity index (χ2n) is 8.44. The highest BCUT2D eigenvalue weighted by Crippen LogP contribution is 2.35. The zero-order valence-electron chi connectivity index (χ0n) is 16.7. The maximum Gasteiger partial charge on any atom is 0.181 e. The fourth-order valence-electron chi connectivity index (χ4n) is 4.04. The van der Waals surface area contributed by atoms with Crippen molar-refractivity contribution in [2.75, 3.05) is 25.0 Å². The van der Waals surface area contributed by atoms with Crippen LogP contribution in [-0.4, -0.2) is 55.9 Å². The van der Waals surface area contributed by atoms with E-state index in [1.165, 1.54) is 19.3 Å². The topological polar surface area (TPSA) is 75.6 Å². The van der Waals surface area contributed by atoms with E-state index in [4.69, 9.17) is 9.52 Å². The average Bonchev–Trinajstić information content (AvgIpc) is 3.19. The number of likely N-dealkylation sites (N-methyl/N-ethyl adjacent to an activating group) is 1. The Morgan fingerprint density at radius 1 is 1.21 bits per heavy atom. The fraction of sp³-hybridized carbons (Fsp3) is 0.600. The Morgan fingerprint density at radius 3 is 2.75 bits per heavy atom. The molecule has 0 spiro atoms. The van der Waals surface area contributed by atoms with Crippen LogP contribution in [0.1, 0.15) is 62.2 Å². The summed E-state index contributed by atoms with van der Waals surface area (Å²) in [6.45, 7) is 7.02. The molecule has 3 aromatic heterocycles. The predicted molar refractivity (Wildman–Crippen MR) is 105 cm³/mol. The summed E-state index contributed by atoms with van der Waals surface area (Å²) < 4.78 is 7.50. The first-order valence-corrected chi connectivity index (χ1v) is 10.2. The molecule has 0 bridgehead atoms. The maximum absolute atomic E-state index is 5.55. The van der Waals surface area contributed by atoms with E-state index < -0.39 is 0 Å².